The maximum atomic E-state index is 10.8. The average molecular weight is 486 g/mol. The molecule has 0 bridgehead atoms. The molecule has 5 nitrogen and oxygen atoms in total. The molecule has 0 spiro atoms. The van der Waals surface area contributed by atoms with Crippen molar-refractivity contribution in [2.45, 2.75) is 25.4 Å². The van der Waals surface area contributed by atoms with Crippen molar-refractivity contribution >= 4 is 28.2 Å². The van der Waals surface area contributed by atoms with E-state index in [9.17, 15) is 5.11 Å². The first-order valence-corrected chi connectivity index (χ1v) is 13.0. The van der Waals surface area contributed by atoms with Crippen LogP contribution in [0.3, 0.4) is 0 Å². The van der Waals surface area contributed by atoms with E-state index in [0.717, 1.165) is 31.5 Å². The van der Waals surface area contributed by atoms with Crippen LogP contribution >= 0.6 is 22.7 Å². The molecular formula is C26H31NO4S2. The Morgan fingerprint density at radius 3 is 1.97 bits per heavy atom. The van der Waals surface area contributed by atoms with Gasteiger partial charge < -0.3 is 24.2 Å². The predicted molar refractivity (Wildman–Crippen MR) is 136 cm³/mol. The first-order chi connectivity index (χ1) is 16.1. The number of piperidine rings is 1. The summed E-state index contributed by atoms with van der Waals surface area (Å²) in [5, 5.41) is 19.6. The molecule has 3 heterocycles. The maximum absolute atomic E-state index is 10.8. The lowest BCUT2D eigenvalue weighted by Gasteiger charge is -2.31. The van der Waals surface area contributed by atoms with Gasteiger partial charge in [0, 0.05) is 19.6 Å². The molecule has 33 heavy (non-hydrogen) atoms. The zero-order valence-corrected chi connectivity index (χ0v) is 21.0. The van der Waals surface area contributed by atoms with Gasteiger partial charge in [0.2, 0.25) is 5.75 Å². The second-order valence-electron chi connectivity index (χ2n) is 8.19. The highest BCUT2D eigenvalue weighted by atomic mass is 32.1. The van der Waals surface area contributed by atoms with Crippen LogP contribution in [0.4, 0.5) is 0 Å². The van der Waals surface area contributed by atoms with Crippen molar-refractivity contribution in [1.82, 2.24) is 4.90 Å². The fourth-order valence-electron chi connectivity index (χ4n) is 4.53. The zero-order valence-electron chi connectivity index (χ0n) is 19.4. The summed E-state index contributed by atoms with van der Waals surface area (Å²) in [7, 11) is 4.81. The zero-order chi connectivity index (χ0) is 23.2. The number of nitrogens with zero attached hydrogens (tertiary/aromatic N) is 1. The van der Waals surface area contributed by atoms with Gasteiger partial charge in [-0.25, -0.2) is 0 Å². The van der Waals surface area contributed by atoms with Crippen molar-refractivity contribution in [2.24, 2.45) is 0 Å². The van der Waals surface area contributed by atoms with E-state index in [4.69, 9.17) is 14.2 Å². The minimum Gasteiger partial charge on any atom is -0.493 e. The highest BCUT2D eigenvalue weighted by Crippen LogP contribution is 2.39. The molecule has 3 aromatic rings. The largest absolute Gasteiger partial charge is 0.493 e. The molecule has 1 unspecified atom stereocenters. The fourth-order valence-corrected chi connectivity index (χ4v) is 5.83. The van der Waals surface area contributed by atoms with Crippen molar-refractivity contribution in [3.05, 3.63) is 68.0 Å². The highest BCUT2D eigenvalue weighted by molar-refractivity contribution is 7.08. The van der Waals surface area contributed by atoms with E-state index < -0.39 is 6.10 Å². The summed E-state index contributed by atoms with van der Waals surface area (Å²) >= 11 is 3.49. The van der Waals surface area contributed by atoms with Crippen LogP contribution in [0.25, 0.3) is 5.57 Å². The minimum atomic E-state index is -0.466. The number of likely N-dealkylation sites (tertiary alicyclic amines) is 1. The van der Waals surface area contributed by atoms with E-state index >= 15 is 0 Å². The van der Waals surface area contributed by atoms with Crippen LogP contribution < -0.4 is 14.2 Å². The smallest absolute Gasteiger partial charge is 0.203 e. The van der Waals surface area contributed by atoms with Crippen LogP contribution in [0, 0.1) is 0 Å². The third-order valence-electron chi connectivity index (χ3n) is 6.10. The third-order valence-corrected chi connectivity index (χ3v) is 7.46. The Morgan fingerprint density at radius 2 is 1.52 bits per heavy atom. The van der Waals surface area contributed by atoms with Crippen LogP contribution in [0.2, 0.25) is 0 Å². The predicted octanol–water partition coefficient (Wildman–Crippen LogP) is 5.34. The van der Waals surface area contributed by atoms with Gasteiger partial charge >= 0.3 is 0 Å². The lowest BCUT2D eigenvalue weighted by molar-refractivity contribution is 0.108. The number of thiophene rings is 2. The van der Waals surface area contributed by atoms with Crippen molar-refractivity contribution < 1.29 is 19.3 Å². The van der Waals surface area contributed by atoms with Gasteiger partial charge in [-0.2, -0.15) is 22.7 Å². The molecule has 1 aromatic carbocycles. The first-order valence-electron chi connectivity index (χ1n) is 11.1. The van der Waals surface area contributed by atoms with Crippen molar-refractivity contribution in [3.8, 4) is 17.2 Å². The molecule has 1 saturated heterocycles. The Balaban J connectivity index is 1.41. The van der Waals surface area contributed by atoms with E-state index in [1.165, 1.54) is 22.3 Å². The normalized spacial score (nSPS) is 15.3. The standard InChI is InChI=1S/C26H31NO4S2/c1-29-23-13-18(14-24(30-2)26(23)31-3)12-22(28)15-27-8-4-19(5-9-27)25(20-6-10-32-16-20)21-7-11-33-17-21/h6-7,10-11,13-14,16-17,22,28H,4-5,8-9,12,15H2,1-3H3. The van der Waals surface area contributed by atoms with Gasteiger partial charge in [0.25, 0.3) is 0 Å². The van der Waals surface area contributed by atoms with Crippen molar-refractivity contribution in [3.63, 3.8) is 0 Å². The summed E-state index contributed by atoms with van der Waals surface area (Å²) in [6, 6.07) is 8.27. The van der Waals surface area contributed by atoms with Crippen LogP contribution in [0.15, 0.2) is 51.4 Å². The minimum absolute atomic E-state index is 0.466. The fraction of sp³-hybridized carbons (Fsp3) is 0.385. The monoisotopic (exact) mass is 485 g/mol. The number of β-amino-alcohol motifs (C(OH)–C–C–N with tert-alkyl or cyclic N) is 1. The first kappa shape index (κ1) is 23.8. The second kappa shape index (κ2) is 11.2. The quantitative estimate of drug-likeness (QED) is 0.444. The molecule has 4 rings (SSSR count). The van der Waals surface area contributed by atoms with Gasteiger partial charge in [0.15, 0.2) is 11.5 Å². The number of aliphatic hydroxyl groups is 1. The Labute approximate surface area is 203 Å². The van der Waals surface area contributed by atoms with E-state index in [0.29, 0.717) is 30.2 Å². The molecule has 0 saturated carbocycles. The SMILES string of the molecule is COc1cc(CC(O)CN2CCC(=C(c3ccsc3)c3ccsc3)CC2)cc(OC)c1OC. The lowest BCUT2D eigenvalue weighted by Crippen LogP contribution is -2.38. The Hall–Kier alpha value is -2.32. The molecule has 1 aliphatic heterocycles. The summed E-state index contributed by atoms with van der Waals surface area (Å²) in [4.78, 5) is 2.37. The molecule has 1 N–H and O–H groups in total. The topological polar surface area (TPSA) is 51.2 Å². The Bertz CT molecular complexity index is 989. The number of ether oxygens (including phenoxy) is 3. The summed E-state index contributed by atoms with van der Waals surface area (Å²) < 4.78 is 16.3. The van der Waals surface area contributed by atoms with Crippen LogP contribution in [0.1, 0.15) is 29.5 Å². The summed E-state index contributed by atoms with van der Waals surface area (Å²) in [6.07, 6.45) is 2.12. The van der Waals surface area contributed by atoms with Gasteiger partial charge in [-0.1, -0.05) is 5.57 Å². The van der Waals surface area contributed by atoms with Crippen LogP contribution in [0.5, 0.6) is 17.2 Å². The van der Waals surface area contributed by atoms with Crippen molar-refractivity contribution in [2.75, 3.05) is 41.0 Å². The molecule has 1 fully saturated rings. The van der Waals surface area contributed by atoms with E-state index in [-0.39, 0.29) is 0 Å². The average Bonchev–Trinajstić information content (AvgIpc) is 3.55. The van der Waals surface area contributed by atoms with Gasteiger partial charge in [-0.15, -0.1) is 0 Å². The van der Waals surface area contributed by atoms with Gasteiger partial charge in [-0.05, 0) is 87.3 Å². The van der Waals surface area contributed by atoms with E-state index in [2.05, 4.69) is 38.6 Å². The molecule has 0 aliphatic carbocycles. The van der Waals surface area contributed by atoms with Crippen molar-refractivity contribution in [1.29, 1.82) is 0 Å². The number of rotatable bonds is 9. The number of benzene rings is 1. The Morgan fingerprint density at radius 1 is 0.939 bits per heavy atom. The van der Waals surface area contributed by atoms with Gasteiger partial charge in [0.05, 0.1) is 27.4 Å². The number of aliphatic hydroxyl groups excluding tert-OH is 1. The second-order valence-corrected chi connectivity index (χ2v) is 9.75. The van der Waals surface area contributed by atoms with E-state index in [1.54, 1.807) is 44.0 Å². The van der Waals surface area contributed by atoms with E-state index in [1.807, 2.05) is 12.1 Å². The van der Waals surface area contributed by atoms with Crippen LogP contribution in [-0.4, -0.2) is 57.1 Å². The summed E-state index contributed by atoms with van der Waals surface area (Å²) in [6.45, 7) is 2.56. The maximum Gasteiger partial charge on any atom is 0.203 e. The molecule has 0 radical (unpaired) electrons. The lowest BCUT2D eigenvalue weighted by atomic mass is 9.91. The summed E-state index contributed by atoms with van der Waals surface area (Å²) in [5.74, 6) is 1.79. The number of hydrogen-bond acceptors (Lipinski definition) is 7. The Kier molecular flexibility index (Phi) is 8.09. The van der Waals surface area contributed by atoms with Crippen LogP contribution in [-0.2, 0) is 6.42 Å². The number of hydrogen-bond donors (Lipinski definition) is 1. The third kappa shape index (κ3) is 5.61. The summed E-state index contributed by atoms with van der Waals surface area (Å²) in [5.41, 5.74) is 6.53. The van der Waals surface area contributed by atoms with Gasteiger partial charge in [0.1, 0.15) is 0 Å². The molecular weight excluding hydrogens is 454 g/mol. The highest BCUT2D eigenvalue weighted by Gasteiger charge is 2.22. The van der Waals surface area contributed by atoms with Gasteiger partial charge in [-0.3, -0.25) is 0 Å². The molecule has 1 aliphatic rings. The number of methoxy groups -OCH3 is 3. The molecule has 176 valence electrons. The molecule has 2 aromatic heterocycles. The molecule has 7 heteroatoms. The molecule has 1 atom stereocenters. The molecule has 0 amide bonds.